The summed E-state index contributed by atoms with van der Waals surface area (Å²) >= 11 is 3.30. The van der Waals surface area contributed by atoms with Gasteiger partial charge in [0.05, 0.1) is 0 Å². The molecule has 0 aromatic heterocycles. The Morgan fingerprint density at radius 3 is 2.45 bits per heavy atom. The van der Waals surface area contributed by atoms with Gasteiger partial charge < -0.3 is 5.32 Å². The number of hydrogen-bond acceptors (Lipinski definition) is 2. The van der Waals surface area contributed by atoms with Crippen LogP contribution in [0.25, 0.3) is 0 Å². The number of rotatable bonds is 5. The van der Waals surface area contributed by atoms with Gasteiger partial charge in [0, 0.05) is 28.6 Å². The van der Waals surface area contributed by atoms with E-state index in [0.717, 1.165) is 10.0 Å². The molecule has 2 aromatic carbocycles. The highest BCUT2D eigenvalue weighted by molar-refractivity contribution is 9.10. The summed E-state index contributed by atoms with van der Waals surface area (Å²) in [6, 6.07) is 11.2. The molecule has 0 aliphatic carbocycles. The fourth-order valence-corrected chi connectivity index (χ4v) is 2.21. The number of Topliss-reactive ketones (excluding diaryl/α,β-unsaturated/α-hetero) is 1. The van der Waals surface area contributed by atoms with Gasteiger partial charge in [-0.2, -0.15) is 0 Å². The molecule has 2 aromatic rings. The molecule has 1 N–H and O–H groups in total. The van der Waals surface area contributed by atoms with Crippen LogP contribution in [0.2, 0.25) is 0 Å². The van der Waals surface area contributed by atoms with E-state index in [1.165, 1.54) is 12.1 Å². The molecule has 0 aliphatic rings. The summed E-state index contributed by atoms with van der Waals surface area (Å²) in [6.45, 7) is 1.78. The number of carbonyl (C=O) groups excluding carboxylic acids is 2. The van der Waals surface area contributed by atoms with Crippen molar-refractivity contribution in [2.75, 3.05) is 5.32 Å². The zero-order valence-corrected chi connectivity index (χ0v) is 13.6. The summed E-state index contributed by atoms with van der Waals surface area (Å²) < 4.78 is 14.0. The topological polar surface area (TPSA) is 46.2 Å². The number of anilines is 1. The van der Waals surface area contributed by atoms with E-state index in [4.69, 9.17) is 0 Å². The molecule has 1 amide bonds. The lowest BCUT2D eigenvalue weighted by Crippen LogP contribution is -2.14. The molecule has 0 radical (unpaired) electrons. The van der Waals surface area contributed by atoms with Gasteiger partial charge in [-0.05, 0) is 36.8 Å². The smallest absolute Gasteiger partial charge is 0.224 e. The van der Waals surface area contributed by atoms with Crippen molar-refractivity contribution in [2.24, 2.45) is 0 Å². The number of nitrogens with one attached hydrogen (secondary N) is 1. The molecule has 0 unspecified atom stereocenters. The van der Waals surface area contributed by atoms with Crippen LogP contribution in [0, 0.1) is 12.7 Å². The third-order valence-corrected chi connectivity index (χ3v) is 3.75. The molecule has 0 aliphatic heterocycles. The van der Waals surface area contributed by atoms with Crippen molar-refractivity contribution in [2.45, 2.75) is 19.8 Å². The average molecular weight is 364 g/mol. The fourth-order valence-electron chi connectivity index (χ4n) is 1.95. The number of halogens is 2. The largest absolute Gasteiger partial charge is 0.326 e. The predicted molar refractivity (Wildman–Crippen MR) is 87.5 cm³/mol. The molecule has 3 nitrogen and oxygen atoms in total. The highest BCUT2D eigenvalue weighted by Crippen LogP contribution is 2.17. The van der Waals surface area contributed by atoms with Gasteiger partial charge in [-0.25, -0.2) is 4.39 Å². The predicted octanol–water partition coefficient (Wildman–Crippen LogP) is 4.50. The SMILES string of the molecule is Cc1ccc(F)cc1NC(=O)CCC(=O)c1ccc(Br)cc1. The van der Waals surface area contributed by atoms with Gasteiger partial charge in [-0.3, -0.25) is 9.59 Å². The first-order valence-corrected chi connectivity index (χ1v) is 7.60. The van der Waals surface area contributed by atoms with Crippen molar-refractivity contribution < 1.29 is 14.0 Å². The Morgan fingerprint density at radius 2 is 1.77 bits per heavy atom. The van der Waals surface area contributed by atoms with E-state index < -0.39 is 5.82 Å². The summed E-state index contributed by atoms with van der Waals surface area (Å²) in [5, 5.41) is 2.63. The van der Waals surface area contributed by atoms with E-state index in [9.17, 15) is 14.0 Å². The third kappa shape index (κ3) is 4.49. The number of hydrogen-bond donors (Lipinski definition) is 1. The van der Waals surface area contributed by atoms with E-state index in [-0.39, 0.29) is 24.5 Å². The molecule has 0 saturated carbocycles. The van der Waals surface area contributed by atoms with Gasteiger partial charge in [0.25, 0.3) is 0 Å². The zero-order chi connectivity index (χ0) is 16.1. The van der Waals surface area contributed by atoms with Gasteiger partial charge in [0.1, 0.15) is 5.82 Å². The number of ketones is 1. The molecule has 0 saturated heterocycles. The van der Waals surface area contributed by atoms with Gasteiger partial charge in [0.2, 0.25) is 5.91 Å². The number of aryl methyl sites for hydroxylation is 1. The Bertz CT molecular complexity index is 698. The van der Waals surface area contributed by atoms with Crippen LogP contribution in [0.5, 0.6) is 0 Å². The van der Waals surface area contributed by atoms with Crippen LogP contribution in [-0.4, -0.2) is 11.7 Å². The normalized spacial score (nSPS) is 10.3. The molecular weight excluding hydrogens is 349 g/mol. The molecule has 2 rings (SSSR count). The lowest BCUT2D eigenvalue weighted by atomic mass is 10.1. The molecular formula is C17H15BrFNO2. The second-order valence-corrected chi connectivity index (χ2v) is 5.85. The summed E-state index contributed by atoms with van der Waals surface area (Å²) in [6.07, 6.45) is 0.173. The van der Waals surface area contributed by atoms with Crippen molar-refractivity contribution in [3.63, 3.8) is 0 Å². The molecule has 22 heavy (non-hydrogen) atoms. The average Bonchev–Trinajstić information content (AvgIpc) is 2.49. The maximum Gasteiger partial charge on any atom is 0.224 e. The molecule has 0 atom stereocenters. The molecule has 0 heterocycles. The van der Waals surface area contributed by atoms with E-state index >= 15 is 0 Å². The fraction of sp³-hybridized carbons (Fsp3) is 0.176. The van der Waals surface area contributed by atoms with Crippen LogP contribution in [0.1, 0.15) is 28.8 Å². The van der Waals surface area contributed by atoms with E-state index in [1.54, 1.807) is 37.3 Å². The first kappa shape index (κ1) is 16.4. The molecule has 5 heteroatoms. The Balaban J connectivity index is 1.91. The van der Waals surface area contributed by atoms with Gasteiger partial charge in [-0.1, -0.05) is 34.1 Å². The second kappa shape index (κ2) is 7.31. The van der Waals surface area contributed by atoms with Crippen molar-refractivity contribution >= 4 is 33.3 Å². The summed E-state index contributed by atoms with van der Waals surface area (Å²) in [4.78, 5) is 23.9. The van der Waals surface area contributed by atoms with Crippen LogP contribution >= 0.6 is 15.9 Å². The standard InChI is InChI=1S/C17H15BrFNO2/c1-11-2-7-14(19)10-15(11)20-17(22)9-8-16(21)12-3-5-13(18)6-4-12/h2-7,10H,8-9H2,1H3,(H,20,22). The number of carbonyl (C=O) groups is 2. The van der Waals surface area contributed by atoms with Crippen molar-refractivity contribution in [1.29, 1.82) is 0 Å². The Hall–Kier alpha value is -2.01. The minimum Gasteiger partial charge on any atom is -0.326 e. The number of amides is 1. The second-order valence-electron chi connectivity index (χ2n) is 4.94. The Kier molecular flexibility index (Phi) is 5.44. The minimum absolute atomic E-state index is 0.0604. The molecule has 0 spiro atoms. The van der Waals surface area contributed by atoms with Gasteiger partial charge in [0.15, 0.2) is 5.78 Å². The van der Waals surface area contributed by atoms with Crippen LogP contribution < -0.4 is 5.32 Å². The maximum absolute atomic E-state index is 13.2. The highest BCUT2D eigenvalue weighted by atomic mass is 79.9. The van der Waals surface area contributed by atoms with Crippen LogP contribution in [0.3, 0.4) is 0 Å². The van der Waals surface area contributed by atoms with E-state index in [0.29, 0.717) is 11.3 Å². The summed E-state index contributed by atoms with van der Waals surface area (Å²) in [5.74, 6) is -0.815. The summed E-state index contributed by atoms with van der Waals surface area (Å²) in [5.41, 5.74) is 1.77. The van der Waals surface area contributed by atoms with E-state index in [1.807, 2.05) is 0 Å². The molecule has 0 fully saturated rings. The van der Waals surface area contributed by atoms with Crippen molar-refractivity contribution in [1.82, 2.24) is 0 Å². The van der Waals surface area contributed by atoms with Crippen LogP contribution in [0.15, 0.2) is 46.9 Å². The monoisotopic (exact) mass is 363 g/mol. The quantitative estimate of drug-likeness (QED) is 0.795. The van der Waals surface area contributed by atoms with Crippen LogP contribution in [-0.2, 0) is 4.79 Å². The Labute approximate surface area is 136 Å². The van der Waals surface area contributed by atoms with Gasteiger partial charge in [-0.15, -0.1) is 0 Å². The first-order chi connectivity index (χ1) is 10.5. The summed E-state index contributed by atoms with van der Waals surface area (Å²) in [7, 11) is 0. The zero-order valence-electron chi connectivity index (χ0n) is 12.0. The Morgan fingerprint density at radius 1 is 1.09 bits per heavy atom. The third-order valence-electron chi connectivity index (χ3n) is 3.22. The molecule has 114 valence electrons. The highest BCUT2D eigenvalue weighted by Gasteiger charge is 2.10. The lowest BCUT2D eigenvalue weighted by Gasteiger charge is -2.08. The maximum atomic E-state index is 13.2. The van der Waals surface area contributed by atoms with E-state index in [2.05, 4.69) is 21.2 Å². The minimum atomic E-state index is -0.410. The molecule has 0 bridgehead atoms. The van der Waals surface area contributed by atoms with Gasteiger partial charge >= 0.3 is 0 Å². The number of benzene rings is 2. The van der Waals surface area contributed by atoms with Crippen molar-refractivity contribution in [3.05, 3.63) is 63.9 Å². The first-order valence-electron chi connectivity index (χ1n) is 6.80. The van der Waals surface area contributed by atoms with Crippen molar-refractivity contribution in [3.8, 4) is 0 Å². The van der Waals surface area contributed by atoms with Crippen LogP contribution in [0.4, 0.5) is 10.1 Å². The lowest BCUT2D eigenvalue weighted by molar-refractivity contribution is -0.116.